The molecule has 2 atom stereocenters. The largest absolute Gasteiger partial charge is 0.347 e. The molecule has 0 radical (unpaired) electrons. The minimum atomic E-state index is -0.761. The molecule has 0 saturated carbocycles. The Kier molecular flexibility index (Phi) is 5.19. The molecule has 9 nitrogen and oxygen atoms in total. The van der Waals surface area contributed by atoms with Gasteiger partial charge in [0, 0.05) is 30.5 Å². The Labute approximate surface area is 178 Å². The number of anilines is 2. The van der Waals surface area contributed by atoms with Crippen LogP contribution in [0.2, 0.25) is 0 Å². The number of rotatable bonds is 3. The molecule has 158 valence electrons. The van der Waals surface area contributed by atoms with E-state index in [0.29, 0.717) is 35.9 Å². The SMILES string of the molecule is Cc1nc(NC(=O)[C@@H](C)N2CC[C@]3(CCC2=O)NC(=O)c2cccnc2N3)sc1C. The number of nitrogens with zero attached hydrogens (tertiary/aromatic N) is 3. The first kappa shape index (κ1) is 20.3. The monoisotopic (exact) mass is 428 g/mol. The lowest BCUT2D eigenvalue weighted by Crippen LogP contribution is -2.58. The zero-order chi connectivity index (χ0) is 21.5. The van der Waals surface area contributed by atoms with Gasteiger partial charge >= 0.3 is 0 Å². The summed E-state index contributed by atoms with van der Waals surface area (Å²) >= 11 is 1.41. The van der Waals surface area contributed by atoms with Gasteiger partial charge in [0.15, 0.2) is 5.13 Å². The third-order valence-corrected chi connectivity index (χ3v) is 6.72. The Balaban J connectivity index is 1.47. The Hall–Kier alpha value is -3.01. The molecule has 10 heteroatoms. The molecule has 4 rings (SSSR count). The van der Waals surface area contributed by atoms with E-state index in [2.05, 4.69) is 25.9 Å². The molecule has 2 aromatic heterocycles. The highest BCUT2D eigenvalue weighted by Gasteiger charge is 2.42. The van der Waals surface area contributed by atoms with Crippen LogP contribution in [0.1, 0.15) is 47.1 Å². The van der Waals surface area contributed by atoms with Gasteiger partial charge in [-0.3, -0.25) is 14.4 Å². The average Bonchev–Trinajstić information content (AvgIpc) is 2.94. The first-order valence-corrected chi connectivity index (χ1v) is 10.7. The number of amides is 3. The van der Waals surface area contributed by atoms with Gasteiger partial charge in [-0.15, -0.1) is 11.3 Å². The normalized spacial score (nSPS) is 22.0. The topological polar surface area (TPSA) is 116 Å². The third kappa shape index (κ3) is 3.74. The zero-order valence-corrected chi connectivity index (χ0v) is 17.9. The number of thiazole rings is 1. The Morgan fingerprint density at radius 3 is 2.83 bits per heavy atom. The number of fused-ring (bicyclic) bond motifs is 1. The molecule has 0 bridgehead atoms. The summed E-state index contributed by atoms with van der Waals surface area (Å²) in [6.45, 7) is 5.88. The van der Waals surface area contributed by atoms with Crippen molar-refractivity contribution in [2.75, 3.05) is 17.2 Å². The summed E-state index contributed by atoms with van der Waals surface area (Å²) in [6.07, 6.45) is 2.72. The maximum atomic E-state index is 12.8. The van der Waals surface area contributed by atoms with E-state index in [4.69, 9.17) is 0 Å². The van der Waals surface area contributed by atoms with Gasteiger partial charge in [-0.2, -0.15) is 0 Å². The van der Waals surface area contributed by atoms with Gasteiger partial charge in [-0.25, -0.2) is 9.97 Å². The van der Waals surface area contributed by atoms with Crippen LogP contribution in [0.25, 0.3) is 0 Å². The fourth-order valence-corrected chi connectivity index (χ4v) is 4.61. The van der Waals surface area contributed by atoms with Crippen molar-refractivity contribution in [1.29, 1.82) is 0 Å². The van der Waals surface area contributed by atoms with Crippen molar-refractivity contribution in [1.82, 2.24) is 20.2 Å². The van der Waals surface area contributed by atoms with Crippen molar-refractivity contribution >= 4 is 40.0 Å². The molecule has 0 aromatic carbocycles. The van der Waals surface area contributed by atoms with E-state index < -0.39 is 11.7 Å². The van der Waals surface area contributed by atoms with Crippen molar-refractivity contribution in [3.8, 4) is 0 Å². The first-order chi connectivity index (χ1) is 14.3. The number of hydrogen-bond donors (Lipinski definition) is 3. The summed E-state index contributed by atoms with van der Waals surface area (Å²) in [4.78, 5) is 49.3. The Bertz CT molecular complexity index is 1000. The molecule has 3 amide bonds. The van der Waals surface area contributed by atoms with Crippen LogP contribution < -0.4 is 16.0 Å². The van der Waals surface area contributed by atoms with Crippen LogP contribution in [0.5, 0.6) is 0 Å². The highest BCUT2D eigenvalue weighted by Crippen LogP contribution is 2.31. The number of pyridine rings is 1. The molecule has 3 N–H and O–H groups in total. The molecule has 1 spiro atoms. The lowest BCUT2D eigenvalue weighted by Gasteiger charge is -2.39. The second-order valence-corrected chi connectivity index (χ2v) is 8.93. The summed E-state index contributed by atoms with van der Waals surface area (Å²) in [5.41, 5.74) is 0.601. The van der Waals surface area contributed by atoms with Gasteiger partial charge < -0.3 is 20.9 Å². The summed E-state index contributed by atoms with van der Waals surface area (Å²) in [5.74, 6) is -0.0925. The summed E-state index contributed by atoms with van der Waals surface area (Å²) in [5, 5.41) is 9.66. The molecular formula is C20H24N6O3S. The van der Waals surface area contributed by atoms with Gasteiger partial charge in [0.05, 0.1) is 11.3 Å². The zero-order valence-electron chi connectivity index (χ0n) is 17.1. The van der Waals surface area contributed by atoms with Crippen LogP contribution in [0.3, 0.4) is 0 Å². The highest BCUT2D eigenvalue weighted by molar-refractivity contribution is 7.15. The fraction of sp³-hybridized carbons (Fsp3) is 0.450. The Morgan fingerprint density at radius 1 is 1.30 bits per heavy atom. The van der Waals surface area contributed by atoms with E-state index in [1.54, 1.807) is 30.2 Å². The molecule has 0 unspecified atom stereocenters. The van der Waals surface area contributed by atoms with E-state index in [0.717, 1.165) is 10.6 Å². The first-order valence-electron chi connectivity index (χ1n) is 9.88. The van der Waals surface area contributed by atoms with Gasteiger partial charge in [0.1, 0.15) is 17.5 Å². The average molecular weight is 429 g/mol. The van der Waals surface area contributed by atoms with Crippen molar-refractivity contribution in [2.24, 2.45) is 0 Å². The highest BCUT2D eigenvalue weighted by atomic mass is 32.1. The van der Waals surface area contributed by atoms with Gasteiger partial charge in [-0.05, 0) is 39.3 Å². The molecule has 4 heterocycles. The molecule has 1 fully saturated rings. The number of carbonyl (C=O) groups is 3. The lowest BCUT2D eigenvalue weighted by molar-refractivity contribution is -0.137. The van der Waals surface area contributed by atoms with Crippen LogP contribution in [-0.4, -0.2) is 50.8 Å². The van der Waals surface area contributed by atoms with Crippen LogP contribution in [-0.2, 0) is 9.59 Å². The van der Waals surface area contributed by atoms with E-state index >= 15 is 0 Å². The van der Waals surface area contributed by atoms with E-state index in [-0.39, 0.29) is 24.1 Å². The maximum absolute atomic E-state index is 12.8. The standard InChI is InChI=1S/C20H24N6O3S/c1-11-13(3)30-19(22-11)23-17(28)12(2)26-10-8-20(7-6-15(26)27)24-16-14(18(29)25-20)5-4-9-21-16/h4-5,9,12H,6-8,10H2,1-3H3,(H,21,24)(H,25,29)(H,22,23,28)/t12-,20+/m1/s1. The van der Waals surface area contributed by atoms with Crippen LogP contribution in [0, 0.1) is 13.8 Å². The minimum Gasteiger partial charge on any atom is -0.347 e. The predicted octanol–water partition coefficient (Wildman–Crippen LogP) is 2.05. The second-order valence-electron chi connectivity index (χ2n) is 7.72. The maximum Gasteiger partial charge on any atom is 0.256 e. The molecular weight excluding hydrogens is 404 g/mol. The number of likely N-dealkylation sites (tertiary alicyclic amines) is 1. The summed E-state index contributed by atoms with van der Waals surface area (Å²) in [7, 11) is 0. The van der Waals surface area contributed by atoms with Crippen LogP contribution >= 0.6 is 11.3 Å². The lowest BCUT2D eigenvalue weighted by atomic mass is 9.97. The van der Waals surface area contributed by atoms with Crippen LogP contribution in [0.4, 0.5) is 10.9 Å². The second kappa shape index (κ2) is 7.67. The van der Waals surface area contributed by atoms with Gasteiger partial charge in [0.2, 0.25) is 11.8 Å². The fourth-order valence-electron chi connectivity index (χ4n) is 3.79. The molecule has 1 saturated heterocycles. The predicted molar refractivity (Wildman–Crippen MR) is 113 cm³/mol. The van der Waals surface area contributed by atoms with Crippen LogP contribution in [0.15, 0.2) is 18.3 Å². The number of carbonyl (C=O) groups excluding carboxylic acids is 3. The smallest absolute Gasteiger partial charge is 0.256 e. The van der Waals surface area contributed by atoms with E-state index in [9.17, 15) is 14.4 Å². The minimum absolute atomic E-state index is 0.121. The van der Waals surface area contributed by atoms with Crippen molar-refractivity contribution in [2.45, 2.75) is 51.7 Å². The van der Waals surface area contributed by atoms with Crippen molar-refractivity contribution in [3.05, 3.63) is 34.5 Å². The Morgan fingerprint density at radius 2 is 2.10 bits per heavy atom. The van der Waals surface area contributed by atoms with Gasteiger partial charge in [0.25, 0.3) is 5.91 Å². The number of aromatic nitrogens is 2. The molecule has 2 aliphatic rings. The van der Waals surface area contributed by atoms with Crippen molar-refractivity contribution in [3.63, 3.8) is 0 Å². The molecule has 30 heavy (non-hydrogen) atoms. The van der Waals surface area contributed by atoms with E-state index in [1.807, 2.05) is 13.8 Å². The number of nitrogens with one attached hydrogen (secondary N) is 3. The summed E-state index contributed by atoms with van der Waals surface area (Å²) < 4.78 is 0. The molecule has 2 aromatic rings. The van der Waals surface area contributed by atoms with E-state index in [1.165, 1.54) is 11.3 Å². The molecule has 0 aliphatic carbocycles. The van der Waals surface area contributed by atoms with Crippen molar-refractivity contribution < 1.29 is 14.4 Å². The molecule has 2 aliphatic heterocycles. The quantitative estimate of drug-likeness (QED) is 0.689. The number of hydrogen-bond acceptors (Lipinski definition) is 7. The number of aryl methyl sites for hydroxylation is 2. The van der Waals surface area contributed by atoms with Gasteiger partial charge in [-0.1, -0.05) is 0 Å². The third-order valence-electron chi connectivity index (χ3n) is 5.73. The summed E-state index contributed by atoms with van der Waals surface area (Å²) in [6, 6.07) is 2.77.